The van der Waals surface area contributed by atoms with E-state index in [2.05, 4.69) is 14.2 Å². The summed E-state index contributed by atoms with van der Waals surface area (Å²) in [5.74, 6) is -0.826. The minimum absolute atomic E-state index is 0.00602. The zero-order valence-electron chi connectivity index (χ0n) is 18.3. The van der Waals surface area contributed by atoms with Gasteiger partial charge in [-0.05, 0) is 66.9 Å². The summed E-state index contributed by atoms with van der Waals surface area (Å²) in [6, 6.07) is 16.9. The molecule has 0 saturated carbocycles. The van der Waals surface area contributed by atoms with E-state index in [1.165, 1.54) is 55.6 Å². The highest BCUT2D eigenvalue weighted by Crippen LogP contribution is 2.24. The van der Waals surface area contributed by atoms with Crippen LogP contribution in [-0.2, 0) is 30.5 Å². The van der Waals surface area contributed by atoms with Gasteiger partial charge in [0.1, 0.15) is 0 Å². The van der Waals surface area contributed by atoms with Crippen LogP contribution in [0, 0.1) is 13.8 Å². The lowest BCUT2D eigenvalue weighted by Crippen LogP contribution is -2.16. The normalized spacial score (nSPS) is 11.6. The van der Waals surface area contributed by atoms with E-state index in [1.54, 1.807) is 0 Å². The number of anilines is 2. The van der Waals surface area contributed by atoms with Crippen LogP contribution in [0.1, 0.15) is 27.0 Å². The highest BCUT2D eigenvalue weighted by molar-refractivity contribution is 7.92. The monoisotopic (exact) mass is 488 g/mol. The van der Waals surface area contributed by atoms with Crippen molar-refractivity contribution in [1.29, 1.82) is 0 Å². The summed E-state index contributed by atoms with van der Waals surface area (Å²) >= 11 is 0. The molecule has 0 unspecified atom stereocenters. The Labute approximate surface area is 193 Å². The Morgan fingerprint density at radius 3 is 1.94 bits per heavy atom. The van der Waals surface area contributed by atoms with Gasteiger partial charge in [0.15, 0.2) is 0 Å². The number of para-hydroxylation sites is 1. The highest BCUT2D eigenvalue weighted by Gasteiger charge is 2.18. The van der Waals surface area contributed by atoms with Crippen molar-refractivity contribution < 1.29 is 26.4 Å². The number of aryl methyl sites for hydroxylation is 2. The van der Waals surface area contributed by atoms with Crippen LogP contribution in [0.3, 0.4) is 0 Å². The molecule has 3 rings (SSSR count). The van der Waals surface area contributed by atoms with Crippen molar-refractivity contribution in [1.82, 2.24) is 0 Å². The van der Waals surface area contributed by atoms with E-state index >= 15 is 0 Å². The molecule has 174 valence electrons. The minimum Gasteiger partial charge on any atom is -0.465 e. The zero-order valence-corrected chi connectivity index (χ0v) is 20.0. The number of carbonyl (C=O) groups is 1. The van der Waals surface area contributed by atoms with Gasteiger partial charge in [-0.1, -0.05) is 30.3 Å². The van der Waals surface area contributed by atoms with E-state index in [0.717, 1.165) is 11.1 Å². The van der Waals surface area contributed by atoms with Crippen molar-refractivity contribution in [2.75, 3.05) is 16.6 Å². The third-order valence-corrected chi connectivity index (χ3v) is 7.51. The molecule has 0 spiro atoms. The first-order valence-electron chi connectivity index (χ1n) is 9.87. The zero-order chi connectivity index (χ0) is 24.2. The Kier molecular flexibility index (Phi) is 7.09. The van der Waals surface area contributed by atoms with E-state index in [9.17, 15) is 21.6 Å². The van der Waals surface area contributed by atoms with Crippen molar-refractivity contribution in [3.05, 3.63) is 89.0 Å². The first-order valence-corrected chi connectivity index (χ1v) is 13.0. The lowest BCUT2D eigenvalue weighted by atomic mass is 10.1. The van der Waals surface area contributed by atoms with E-state index in [4.69, 9.17) is 0 Å². The number of esters is 1. The average molecular weight is 489 g/mol. The van der Waals surface area contributed by atoms with Crippen LogP contribution in [0.25, 0.3) is 0 Å². The molecule has 3 aromatic carbocycles. The molecular formula is C23H24N2O6S2. The number of sulfonamides is 2. The van der Waals surface area contributed by atoms with Crippen molar-refractivity contribution in [3.8, 4) is 0 Å². The largest absolute Gasteiger partial charge is 0.465 e. The summed E-state index contributed by atoms with van der Waals surface area (Å²) in [5.41, 5.74) is 3.13. The topological polar surface area (TPSA) is 119 Å². The summed E-state index contributed by atoms with van der Waals surface area (Å²) in [6.07, 6.45) is 0. The summed E-state index contributed by atoms with van der Waals surface area (Å²) in [7, 11) is -6.35. The van der Waals surface area contributed by atoms with Gasteiger partial charge in [0.25, 0.3) is 10.0 Å². The van der Waals surface area contributed by atoms with E-state index < -0.39 is 26.0 Å². The fourth-order valence-corrected chi connectivity index (χ4v) is 5.56. The van der Waals surface area contributed by atoms with Crippen LogP contribution in [0.5, 0.6) is 0 Å². The smallest absolute Gasteiger partial charge is 0.337 e. The van der Waals surface area contributed by atoms with Gasteiger partial charge < -0.3 is 4.74 Å². The molecule has 0 bridgehead atoms. The second kappa shape index (κ2) is 9.63. The minimum atomic E-state index is -3.85. The van der Waals surface area contributed by atoms with Crippen LogP contribution in [-0.4, -0.2) is 29.9 Å². The molecule has 0 fully saturated rings. The molecule has 0 amide bonds. The number of ether oxygens (including phenoxy) is 1. The van der Waals surface area contributed by atoms with Gasteiger partial charge in [-0.3, -0.25) is 9.44 Å². The van der Waals surface area contributed by atoms with Gasteiger partial charge in [-0.15, -0.1) is 0 Å². The summed E-state index contributed by atoms with van der Waals surface area (Å²) < 4.78 is 60.2. The SMILES string of the molecule is COC(=O)c1ccc(CS(=O)(=O)Nc2ccc(S(=O)(=O)Nc3c(C)cccc3C)cc2)cc1. The first-order chi connectivity index (χ1) is 15.5. The van der Waals surface area contributed by atoms with Crippen LogP contribution in [0.4, 0.5) is 11.4 Å². The van der Waals surface area contributed by atoms with Gasteiger partial charge in [0, 0.05) is 5.69 Å². The van der Waals surface area contributed by atoms with Crippen molar-refractivity contribution in [2.45, 2.75) is 24.5 Å². The summed E-state index contributed by atoms with van der Waals surface area (Å²) in [6.45, 7) is 3.62. The van der Waals surface area contributed by atoms with Crippen LogP contribution < -0.4 is 9.44 Å². The Balaban J connectivity index is 1.71. The van der Waals surface area contributed by atoms with E-state index in [1.807, 2.05) is 32.0 Å². The quantitative estimate of drug-likeness (QED) is 0.465. The maximum Gasteiger partial charge on any atom is 0.337 e. The number of rotatable bonds is 8. The summed E-state index contributed by atoms with van der Waals surface area (Å²) in [5, 5.41) is 0. The Bertz CT molecular complexity index is 1350. The molecule has 0 aromatic heterocycles. The van der Waals surface area contributed by atoms with Crippen molar-refractivity contribution in [2.24, 2.45) is 0 Å². The van der Waals surface area contributed by atoms with Gasteiger partial charge >= 0.3 is 5.97 Å². The van der Waals surface area contributed by atoms with Crippen molar-refractivity contribution >= 4 is 37.4 Å². The molecule has 0 aliphatic heterocycles. The number of hydrogen-bond acceptors (Lipinski definition) is 6. The van der Waals surface area contributed by atoms with Crippen LogP contribution in [0.2, 0.25) is 0 Å². The molecule has 0 radical (unpaired) electrons. The molecule has 33 heavy (non-hydrogen) atoms. The fourth-order valence-electron chi connectivity index (χ4n) is 3.16. The number of methoxy groups -OCH3 is 1. The lowest BCUT2D eigenvalue weighted by molar-refractivity contribution is 0.0600. The van der Waals surface area contributed by atoms with E-state index in [0.29, 0.717) is 16.8 Å². The van der Waals surface area contributed by atoms with E-state index in [-0.39, 0.29) is 16.3 Å². The third kappa shape index (κ3) is 6.11. The number of carbonyl (C=O) groups excluding carboxylic acids is 1. The molecule has 0 atom stereocenters. The molecule has 10 heteroatoms. The van der Waals surface area contributed by atoms with Crippen LogP contribution in [0.15, 0.2) is 71.6 Å². The van der Waals surface area contributed by atoms with Crippen molar-refractivity contribution in [3.63, 3.8) is 0 Å². The Morgan fingerprint density at radius 1 is 0.818 bits per heavy atom. The highest BCUT2D eigenvalue weighted by atomic mass is 32.2. The molecule has 2 N–H and O–H groups in total. The van der Waals surface area contributed by atoms with Gasteiger partial charge in [0.2, 0.25) is 10.0 Å². The standard InChI is InChI=1S/C23H24N2O6S2/c1-16-5-4-6-17(2)22(16)25-33(29,30)21-13-11-20(12-14-21)24-32(27,28)15-18-7-9-19(10-8-18)23(26)31-3/h4-14,24-25H,15H2,1-3H3. The van der Waals surface area contributed by atoms with Gasteiger partial charge in [-0.2, -0.15) is 0 Å². The fraction of sp³-hybridized carbons (Fsp3) is 0.174. The molecule has 0 aliphatic carbocycles. The Morgan fingerprint density at radius 2 is 1.39 bits per heavy atom. The first kappa shape index (κ1) is 24.3. The second-order valence-electron chi connectivity index (χ2n) is 7.45. The van der Waals surface area contributed by atoms with Crippen LogP contribution >= 0.6 is 0 Å². The molecule has 0 saturated heterocycles. The Hall–Kier alpha value is -3.37. The number of benzene rings is 3. The molecule has 0 aliphatic rings. The molecule has 8 nitrogen and oxygen atoms in total. The van der Waals surface area contributed by atoms with Gasteiger partial charge in [-0.25, -0.2) is 21.6 Å². The average Bonchev–Trinajstić information content (AvgIpc) is 2.76. The predicted octanol–water partition coefficient (Wildman–Crippen LogP) is 3.83. The lowest BCUT2D eigenvalue weighted by Gasteiger charge is -2.14. The number of hydrogen-bond donors (Lipinski definition) is 2. The number of nitrogens with one attached hydrogen (secondary N) is 2. The molecule has 0 heterocycles. The van der Waals surface area contributed by atoms with Gasteiger partial charge in [0.05, 0.1) is 29.0 Å². The second-order valence-corrected chi connectivity index (χ2v) is 10.9. The maximum atomic E-state index is 12.8. The predicted molar refractivity (Wildman–Crippen MR) is 127 cm³/mol. The summed E-state index contributed by atoms with van der Waals surface area (Å²) in [4.78, 5) is 11.5. The molecule has 3 aromatic rings. The molecular weight excluding hydrogens is 464 g/mol. The maximum absolute atomic E-state index is 12.8. The third-order valence-electron chi connectivity index (χ3n) is 4.89.